The molecule has 0 radical (unpaired) electrons. The molecule has 2 aromatic rings. The van der Waals surface area contributed by atoms with Gasteiger partial charge < -0.3 is 20.1 Å². The average Bonchev–Trinajstić information content (AvgIpc) is 3.25. The highest BCUT2D eigenvalue weighted by molar-refractivity contribution is 6.35. The Balaban J connectivity index is 1.76. The highest BCUT2D eigenvalue weighted by Crippen LogP contribution is 2.36. The van der Waals surface area contributed by atoms with E-state index in [1.807, 2.05) is 24.3 Å². The standard InChI is InChI=1S/C22H22N2O3/c1-27-19-9-13-23-18(19)14-16-20-15(6-5-7-17(20)24-21(16)25)8-12-22(26)10-3-2-4-11-22/h5-7,9,13-14,23,26H,2-4,10-11H2,1H3,(H,24,25)/b16-14-. The predicted octanol–water partition coefficient (Wildman–Crippen LogP) is 3.56. The van der Waals surface area contributed by atoms with Gasteiger partial charge in [0.25, 0.3) is 5.91 Å². The Labute approximate surface area is 158 Å². The molecule has 3 N–H and O–H groups in total. The number of carbonyl (C=O) groups is 1. The first-order valence-electron chi connectivity index (χ1n) is 9.23. The molecule has 5 nitrogen and oxygen atoms in total. The van der Waals surface area contributed by atoms with Gasteiger partial charge in [0, 0.05) is 17.3 Å². The number of benzene rings is 1. The Bertz CT molecular complexity index is 969. The number of aliphatic hydroxyl groups is 1. The average molecular weight is 362 g/mol. The van der Waals surface area contributed by atoms with Crippen LogP contribution in [0.1, 0.15) is 48.9 Å². The number of carbonyl (C=O) groups excluding carboxylic acids is 1. The third-order valence-corrected chi connectivity index (χ3v) is 5.18. The maximum atomic E-state index is 12.5. The molecule has 2 heterocycles. The predicted molar refractivity (Wildman–Crippen MR) is 105 cm³/mol. The number of anilines is 1. The van der Waals surface area contributed by atoms with Crippen molar-refractivity contribution in [1.82, 2.24) is 4.98 Å². The molecule has 1 aliphatic carbocycles. The molecule has 1 aromatic heterocycles. The van der Waals surface area contributed by atoms with Gasteiger partial charge in [-0.1, -0.05) is 24.3 Å². The van der Waals surface area contributed by atoms with Crippen LogP contribution in [0.2, 0.25) is 0 Å². The van der Waals surface area contributed by atoms with Gasteiger partial charge in [-0.15, -0.1) is 0 Å². The van der Waals surface area contributed by atoms with Crippen molar-refractivity contribution in [2.24, 2.45) is 0 Å². The summed E-state index contributed by atoms with van der Waals surface area (Å²) < 4.78 is 5.32. The lowest BCUT2D eigenvalue weighted by atomic mass is 9.85. The number of hydrogen-bond acceptors (Lipinski definition) is 3. The maximum absolute atomic E-state index is 12.5. The van der Waals surface area contributed by atoms with Crippen LogP contribution in [0.4, 0.5) is 5.69 Å². The number of fused-ring (bicyclic) bond motifs is 1. The van der Waals surface area contributed by atoms with E-state index in [2.05, 4.69) is 22.1 Å². The summed E-state index contributed by atoms with van der Waals surface area (Å²) in [7, 11) is 1.59. The number of rotatable bonds is 2. The molecular formula is C22H22N2O3. The first-order valence-corrected chi connectivity index (χ1v) is 9.23. The van der Waals surface area contributed by atoms with E-state index >= 15 is 0 Å². The normalized spacial score (nSPS) is 19.2. The Kier molecular flexibility index (Phi) is 4.51. The third kappa shape index (κ3) is 3.36. The molecule has 2 aliphatic rings. The minimum atomic E-state index is -0.927. The van der Waals surface area contributed by atoms with Gasteiger partial charge in [-0.25, -0.2) is 0 Å². The zero-order valence-corrected chi connectivity index (χ0v) is 15.3. The fourth-order valence-electron chi connectivity index (χ4n) is 3.74. The van der Waals surface area contributed by atoms with Crippen molar-refractivity contribution in [3.8, 4) is 17.6 Å². The number of H-pyrrole nitrogens is 1. The van der Waals surface area contributed by atoms with Crippen LogP contribution in [0.25, 0.3) is 11.6 Å². The first kappa shape index (κ1) is 17.4. The minimum absolute atomic E-state index is 0.174. The van der Waals surface area contributed by atoms with E-state index in [4.69, 9.17) is 4.74 Å². The zero-order chi connectivity index (χ0) is 18.9. The second kappa shape index (κ2) is 6.98. The van der Waals surface area contributed by atoms with E-state index in [1.165, 1.54) is 0 Å². The fourth-order valence-corrected chi connectivity index (χ4v) is 3.74. The summed E-state index contributed by atoms with van der Waals surface area (Å²) >= 11 is 0. The minimum Gasteiger partial charge on any atom is -0.495 e. The van der Waals surface area contributed by atoms with E-state index in [9.17, 15) is 9.90 Å². The number of hydrogen-bond donors (Lipinski definition) is 3. The topological polar surface area (TPSA) is 74.4 Å². The van der Waals surface area contributed by atoms with Crippen molar-refractivity contribution >= 4 is 23.2 Å². The smallest absolute Gasteiger partial charge is 0.256 e. The largest absolute Gasteiger partial charge is 0.495 e. The van der Waals surface area contributed by atoms with E-state index in [1.54, 1.807) is 19.4 Å². The Morgan fingerprint density at radius 3 is 2.81 bits per heavy atom. The van der Waals surface area contributed by atoms with Crippen molar-refractivity contribution in [2.45, 2.75) is 37.7 Å². The summed E-state index contributed by atoms with van der Waals surface area (Å²) in [5, 5.41) is 13.6. The van der Waals surface area contributed by atoms with Crippen LogP contribution >= 0.6 is 0 Å². The summed E-state index contributed by atoms with van der Waals surface area (Å²) in [6.07, 6.45) is 8.09. The molecule has 0 bridgehead atoms. The molecule has 1 fully saturated rings. The molecule has 1 saturated carbocycles. The summed E-state index contributed by atoms with van der Waals surface area (Å²) in [5.41, 5.74) is 2.58. The second-order valence-electron chi connectivity index (χ2n) is 7.04. The van der Waals surface area contributed by atoms with Gasteiger partial charge in [-0.05, 0) is 50.0 Å². The Hall–Kier alpha value is -2.97. The molecule has 0 unspecified atom stereocenters. The molecule has 0 saturated heterocycles. The molecule has 138 valence electrons. The summed E-state index contributed by atoms with van der Waals surface area (Å²) in [6, 6.07) is 7.43. The molecular weight excluding hydrogens is 340 g/mol. The summed E-state index contributed by atoms with van der Waals surface area (Å²) in [6.45, 7) is 0. The van der Waals surface area contributed by atoms with E-state index in [-0.39, 0.29) is 5.91 Å². The number of ether oxygens (including phenoxy) is 1. The van der Waals surface area contributed by atoms with Gasteiger partial charge >= 0.3 is 0 Å². The number of nitrogens with one attached hydrogen (secondary N) is 2. The fraction of sp³-hybridized carbons (Fsp3) is 0.318. The van der Waals surface area contributed by atoms with Gasteiger partial charge in [0.2, 0.25) is 0 Å². The van der Waals surface area contributed by atoms with Gasteiger partial charge in [0.15, 0.2) is 0 Å². The Morgan fingerprint density at radius 1 is 1.22 bits per heavy atom. The van der Waals surface area contributed by atoms with Crippen molar-refractivity contribution in [3.05, 3.63) is 47.3 Å². The number of methoxy groups -OCH3 is 1. The van der Waals surface area contributed by atoms with Crippen LogP contribution in [-0.2, 0) is 4.79 Å². The monoisotopic (exact) mass is 362 g/mol. The number of amides is 1. The van der Waals surface area contributed by atoms with Crippen LogP contribution in [0.15, 0.2) is 30.5 Å². The lowest BCUT2D eigenvalue weighted by molar-refractivity contribution is -0.110. The van der Waals surface area contributed by atoms with Crippen LogP contribution < -0.4 is 10.1 Å². The quantitative estimate of drug-likeness (QED) is 0.565. The molecule has 0 atom stereocenters. The van der Waals surface area contributed by atoms with Crippen LogP contribution in [0, 0.1) is 11.8 Å². The van der Waals surface area contributed by atoms with Crippen LogP contribution in [0.3, 0.4) is 0 Å². The lowest BCUT2D eigenvalue weighted by Gasteiger charge is -2.26. The molecule has 4 rings (SSSR count). The highest BCUT2D eigenvalue weighted by Gasteiger charge is 2.29. The number of aromatic amines is 1. The van der Waals surface area contributed by atoms with Crippen LogP contribution in [-0.4, -0.2) is 28.7 Å². The molecule has 1 aromatic carbocycles. The highest BCUT2D eigenvalue weighted by atomic mass is 16.5. The Morgan fingerprint density at radius 2 is 2.04 bits per heavy atom. The summed E-state index contributed by atoms with van der Waals surface area (Å²) in [5.74, 6) is 6.70. The molecule has 0 spiro atoms. The zero-order valence-electron chi connectivity index (χ0n) is 15.3. The second-order valence-corrected chi connectivity index (χ2v) is 7.04. The maximum Gasteiger partial charge on any atom is 0.256 e. The van der Waals surface area contributed by atoms with Gasteiger partial charge in [-0.2, -0.15) is 0 Å². The van der Waals surface area contributed by atoms with Crippen LogP contribution in [0.5, 0.6) is 5.75 Å². The van der Waals surface area contributed by atoms with Crippen molar-refractivity contribution in [1.29, 1.82) is 0 Å². The van der Waals surface area contributed by atoms with Gasteiger partial charge in [0.05, 0.1) is 24.1 Å². The third-order valence-electron chi connectivity index (χ3n) is 5.18. The lowest BCUT2D eigenvalue weighted by Crippen LogP contribution is -2.29. The van der Waals surface area contributed by atoms with Crippen molar-refractivity contribution in [3.63, 3.8) is 0 Å². The summed E-state index contributed by atoms with van der Waals surface area (Å²) in [4.78, 5) is 15.6. The number of aromatic nitrogens is 1. The van der Waals surface area contributed by atoms with E-state index in [0.717, 1.165) is 41.8 Å². The van der Waals surface area contributed by atoms with Crippen molar-refractivity contribution < 1.29 is 14.6 Å². The van der Waals surface area contributed by atoms with E-state index < -0.39 is 5.60 Å². The van der Waals surface area contributed by atoms with Gasteiger partial charge in [0.1, 0.15) is 11.4 Å². The van der Waals surface area contributed by atoms with E-state index in [0.29, 0.717) is 24.2 Å². The molecule has 5 heteroatoms. The van der Waals surface area contributed by atoms with Crippen molar-refractivity contribution in [2.75, 3.05) is 12.4 Å². The van der Waals surface area contributed by atoms with Gasteiger partial charge in [-0.3, -0.25) is 4.79 Å². The molecule has 1 aliphatic heterocycles. The first-order chi connectivity index (χ1) is 13.1. The molecule has 1 amide bonds. The SMILES string of the molecule is COc1cc[nH]c1/C=C1\C(=O)Nc2cccc(C#CC3(O)CCCCC3)c21. The molecule has 27 heavy (non-hydrogen) atoms.